The average molecular weight is 431 g/mol. The number of aromatic nitrogens is 2. The van der Waals surface area contributed by atoms with Gasteiger partial charge in [-0.05, 0) is 75.4 Å². The fraction of sp³-hybridized carbons (Fsp3) is 0.462. The van der Waals surface area contributed by atoms with Crippen LogP contribution in [0, 0.1) is 6.92 Å². The number of anilines is 4. The van der Waals surface area contributed by atoms with Crippen molar-refractivity contribution in [2.24, 2.45) is 0 Å². The normalized spacial score (nSPS) is 18.9. The van der Waals surface area contributed by atoms with Crippen LogP contribution in [-0.4, -0.2) is 35.1 Å². The molecule has 1 aliphatic heterocycles. The molecule has 0 unspecified atom stereocenters. The van der Waals surface area contributed by atoms with Gasteiger partial charge in [0.1, 0.15) is 0 Å². The van der Waals surface area contributed by atoms with Crippen LogP contribution in [0.3, 0.4) is 0 Å². The Bertz CT molecular complexity index is 1120. The van der Waals surface area contributed by atoms with Gasteiger partial charge in [-0.2, -0.15) is 0 Å². The highest BCUT2D eigenvalue weighted by atomic mass is 15.2. The van der Waals surface area contributed by atoms with Crippen molar-refractivity contribution in [2.75, 3.05) is 35.6 Å². The molecule has 2 aromatic carbocycles. The summed E-state index contributed by atoms with van der Waals surface area (Å²) >= 11 is 0. The SMILES string of the molecule is Cc1cc(N)c(C2CCCC2)c2nc(Nc3ccc(N4CCNC(C)(C)C4)cc3)ncc12. The van der Waals surface area contributed by atoms with Gasteiger partial charge < -0.3 is 21.3 Å². The van der Waals surface area contributed by atoms with Crippen LogP contribution in [0.1, 0.15) is 56.6 Å². The summed E-state index contributed by atoms with van der Waals surface area (Å²) in [7, 11) is 0. The smallest absolute Gasteiger partial charge is 0.227 e. The van der Waals surface area contributed by atoms with Crippen LogP contribution in [-0.2, 0) is 0 Å². The molecule has 1 aromatic heterocycles. The van der Waals surface area contributed by atoms with Gasteiger partial charge in [-0.25, -0.2) is 9.97 Å². The van der Waals surface area contributed by atoms with Crippen molar-refractivity contribution in [3.05, 3.63) is 47.7 Å². The van der Waals surface area contributed by atoms with Crippen molar-refractivity contribution in [3.63, 3.8) is 0 Å². The molecule has 1 saturated heterocycles. The van der Waals surface area contributed by atoms with E-state index in [1.54, 1.807) is 0 Å². The molecule has 2 aliphatic rings. The Labute approximate surface area is 190 Å². The number of benzene rings is 2. The molecule has 168 valence electrons. The highest BCUT2D eigenvalue weighted by molar-refractivity contribution is 5.90. The molecule has 0 bridgehead atoms. The first kappa shape index (κ1) is 21.0. The minimum atomic E-state index is 0.130. The second-order valence-corrected chi connectivity index (χ2v) is 10.0. The number of aryl methyl sites for hydroxylation is 1. The fourth-order valence-electron chi connectivity index (χ4n) is 5.35. The van der Waals surface area contributed by atoms with Gasteiger partial charge in [0, 0.05) is 59.4 Å². The lowest BCUT2D eigenvalue weighted by Gasteiger charge is -2.40. The average Bonchev–Trinajstić information content (AvgIpc) is 3.28. The van der Waals surface area contributed by atoms with Crippen LogP contribution in [0.4, 0.5) is 23.0 Å². The number of rotatable bonds is 4. The summed E-state index contributed by atoms with van der Waals surface area (Å²) in [6.45, 7) is 9.61. The predicted molar refractivity (Wildman–Crippen MR) is 134 cm³/mol. The van der Waals surface area contributed by atoms with Crippen LogP contribution < -0.4 is 21.3 Å². The number of hydrogen-bond donors (Lipinski definition) is 3. The van der Waals surface area contributed by atoms with Crippen LogP contribution in [0.25, 0.3) is 10.9 Å². The van der Waals surface area contributed by atoms with Crippen LogP contribution >= 0.6 is 0 Å². The lowest BCUT2D eigenvalue weighted by atomic mass is 9.92. The van der Waals surface area contributed by atoms with Crippen molar-refractivity contribution in [3.8, 4) is 0 Å². The lowest BCUT2D eigenvalue weighted by molar-refractivity contribution is 0.353. The largest absolute Gasteiger partial charge is 0.398 e. The quantitative estimate of drug-likeness (QED) is 0.499. The zero-order valence-corrected chi connectivity index (χ0v) is 19.4. The van der Waals surface area contributed by atoms with E-state index in [9.17, 15) is 0 Å². The van der Waals surface area contributed by atoms with Gasteiger partial charge in [0.05, 0.1) is 5.52 Å². The lowest BCUT2D eigenvalue weighted by Crippen LogP contribution is -2.57. The van der Waals surface area contributed by atoms with E-state index in [1.165, 1.54) is 36.9 Å². The first-order valence-electron chi connectivity index (χ1n) is 11.8. The van der Waals surface area contributed by atoms with Gasteiger partial charge in [-0.15, -0.1) is 0 Å². The van der Waals surface area contributed by atoms with Gasteiger partial charge in [0.15, 0.2) is 0 Å². The van der Waals surface area contributed by atoms with Gasteiger partial charge in [-0.1, -0.05) is 12.8 Å². The van der Waals surface area contributed by atoms with Crippen molar-refractivity contribution < 1.29 is 0 Å². The van der Waals surface area contributed by atoms with Crippen molar-refractivity contribution in [1.29, 1.82) is 0 Å². The Kier molecular flexibility index (Phi) is 5.41. The second kappa shape index (κ2) is 8.24. The molecule has 0 spiro atoms. The maximum atomic E-state index is 6.49. The van der Waals surface area contributed by atoms with E-state index >= 15 is 0 Å². The standard InChI is InChI=1S/C26H34N6/c1-17-14-22(27)23(18-6-4-5-7-18)24-21(17)15-28-25(31-24)30-19-8-10-20(11-9-19)32-13-12-29-26(2,3)16-32/h8-11,14-15,18,29H,4-7,12-13,16,27H2,1-3H3,(H,28,30,31). The molecule has 5 rings (SSSR count). The third-order valence-corrected chi connectivity index (χ3v) is 6.98. The van der Waals surface area contributed by atoms with E-state index in [0.29, 0.717) is 11.9 Å². The molecule has 0 atom stereocenters. The van der Waals surface area contributed by atoms with Crippen molar-refractivity contribution in [2.45, 2.75) is 57.9 Å². The first-order valence-corrected chi connectivity index (χ1v) is 11.8. The summed E-state index contributed by atoms with van der Waals surface area (Å²) in [4.78, 5) is 12.0. The molecular weight excluding hydrogens is 396 g/mol. The molecule has 6 heteroatoms. The van der Waals surface area contributed by atoms with Crippen molar-refractivity contribution >= 4 is 33.9 Å². The fourth-order valence-corrected chi connectivity index (χ4v) is 5.35. The molecular formula is C26H34N6. The first-order chi connectivity index (χ1) is 15.4. The number of piperazine rings is 1. The number of nitrogens with two attached hydrogens (primary N) is 1. The van der Waals surface area contributed by atoms with Crippen LogP contribution in [0.15, 0.2) is 36.5 Å². The zero-order chi connectivity index (χ0) is 22.3. The van der Waals surface area contributed by atoms with Crippen LogP contribution in [0.5, 0.6) is 0 Å². The summed E-state index contributed by atoms with van der Waals surface area (Å²) in [6, 6.07) is 10.7. The summed E-state index contributed by atoms with van der Waals surface area (Å²) in [6.07, 6.45) is 6.87. The molecule has 1 aliphatic carbocycles. The van der Waals surface area contributed by atoms with Crippen molar-refractivity contribution in [1.82, 2.24) is 15.3 Å². The summed E-state index contributed by atoms with van der Waals surface area (Å²) in [5.74, 6) is 1.13. The molecule has 4 N–H and O–H groups in total. The third-order valence-electron chi connectivity index (χ3n) is 6.98. The molecule has 32 heavy (non-hydrogen) atoms. The number of nitrogens with zero attached hydrogens (tertiary/aromatic N) is 3. The Hall–Kier alpha value is -2.86. The van der Waals surface area contributed by atoms with E-state index in [-0.39, 0.29) is 5.54 Å². The highest BCUT2D eigenvalue weighted by Crippen LogP contribution is 2.41. The highest BCUT2D eigenvalue weighted by Gasteiger charge is 2.26. The molecule has 3 aromatic rings. The third kappa shape index (κ3) is 4.11. The molecule has 0 amide bonds. The van der Waals surface area contributed by atoms with Crippen LogP contribution in [0.2, 0.25) is 0 Å². The van der Waals surface area contributed by atoms with Gasteiger partial charge in [0.2, 0.25) is 5.95 Å². The second-order valence-electron chi connectivity index (χ2n) is 10.0. The Balaban J connectivity index is 1.41. The molecule has 2 heterocycles. The summed E-state index contributed by atoms with van der Waals surface area (Å²) in [5.41, 5.74) is 13.1. The Morgan fingerprint density at radius 3 is 2.62 bits per heavy atom. The number of fused-ring (bicyclic) bond motifs is 1. The number of hydrogen-bond acceptors (Lipinski definition) is 6. The molecule has 0 radical (unpaired) electrons. The van der Waals surface area contributed by atoms with E-state index in [4.69, 9.17) is 10.7 Å². The van der Waals surface area contributed by atoms with E-state index in [2.05, 4.69) is 71.6 Å². The minimum Gasteiger partial charge on any atom is -0.398 e. The van der Waals surface area contributed by atoms with Gasteiger partial charge >= 0.3 is 0 Å². The molecule has 6 nitrogen and oxygen atoms in total. The predicted octanol–water partition coefficient (Wildman–Crippen LogP) is 5.11. The van der Waals surface area contributed by atoms with E-state index < -0.39 is 0 Å². The Morgan fingerprint density at radius 2 is 1.91 bits per heavy atom. The maximum Gasteiger partial charge on any atom is 0.227 e. The van der Waals surface area contributed by atoms with E-state index in [1.807, 2.05) is 6.20 Å². The monoisotopic (exact) mass is 430 g/mol. The molecule has 1 saturated carbocycles. The van der Waals surface area contributed by atoms with E-state index in [0.717, 1.165) is 47.5 Å². The summed E-state index contributed by atoms with van der Waals surface area (Å²) < 4.78 is 0. The number of nitrogens with one attached hydrogen (secondary N) is 2. The maximum absolute atomic E-state index is 6.49. The van der Waals surface area contributed by atoms with Gasteiger partial charge in [-0.3, -0.25) is 0 Å². The number of nitrogen functional groups attached to an aromatic ring is 1. The van der Waals surface area contributed by atoms with Gasteiger partial charge in [0.25, 0.3) is 0 Å². The summed E-state index contributed by atoms with van der Waals surface area (Å²) in [5, 5.41) is 8.08. The zero-order valence-electron chi connectivity index (χ0n) is 19.4. The Morgan fingerprint density at radius 1 is 1.16 bits per heavy atom. The molecule has 2 fully saturated rings. The minimum absolute atomic E-state index is 0.130. The topological polar surface area (TPSA) is 79.1 Å².